The second-order valence-corrected chi connectivity index (χ2v) is 9.36. The van der Waals surface area contributed by atoms with Crippen molar-refractivity contribution >= 4 is 40.3 Å². The van der Waals surface area contributed by atoms with Crippen LogP contribution in [0.5, 0.6) is 0 Å². The van der Waals surface area contributed by atoms with E-state index in [1.54, 1.807) is 12.1 Å². The van der Waals surface area contributed by atoms with Crippen LogP contribution >= 0.6 is 24.0 Å². The first kappa shape index (κ1) is 20.3. The number of thiocarbonyl (C=S) groups is 1. The van der Waals surface area contributed by atoms with Gasteiger partial charge in [-0.3, -0.25) is 9.69 Å². The van der Waals surface area contributed by atoms with Gasteiger partial charge in [-0.25, -0.2) is 4.39 Å². The van der Waals surface area contributed by atoms with Gasteiger partial charge in [0.05, 0.1) is 4.91 Å². The molecule has 5 heteroatoms. The number of rotatable bonds is 3. The Balaban J connectivity index is 1.50. The number of hydrogen-bond donors (Lipinski definition) is 0. The van der Waals surface area contributed by atoms with E-state index in [9.17, 15) is 9.18 Å². The van der Waals surface area contributed by atoms with Gasteiger partial charge in [0.15, 0.2) is 0 Å². The Hall–Kier alpha value is -1.98. The summed E-state index contributed by atoms with van der Waals surface area (Å²) in [6.45, 7) is 0. The number of benzene rings is 2. The zero-order valence-corrected chi connectivity index (χ0v) is 17.9. The molecule has 2 aromatic carbocycles. The van der Waals surface area contributed by atoms with E-state index in [2.05, 4.69) is 0 Å². The second kappa shape index (κ2) is 9.23. The van der Waals surface area contributed by atoms with Gasteiger partial charge >= 0.3 is 0 Å². The third-order valence-electron chi connectivity index (χ3n) is 5.65. The van der Waals surface area contributed by atoms with E-state index in [-0.39, 0.29) is 17.8 Å². The van der Waals surface area contributed by atoms with Crippen molar-refractivity contribution in [2.45, 2.75) is 51.0 Å². The summed E-state index contributed by atoms with van der Waals surface area (Å²) in [6.07, 6.45) is 10.2. The van der Waals surface area contributed by atoms with Crippen LogP contribution in [-0.4, -0.2) is 21.2 Å². The zero-order chi connectivity index (χ0) is 20.2. The summed E-state index contributed by atoms with van der Waals surface area (Å²) in [5.74, 6) is -0.190. The monoisotopic (exact) mass is 425 g/mol. The fraction of sp³-hybridized carbons (Fsp3) is 0.333. The van der Waals surface area contributed by atoms with Crippen LogP contribution < -0.4 is 0 Å². The molecule has 0 spiro atoms. The van der Waals surface area contributed by atoms with Crippen molar-refractivity contribution in [1.82, 2.24) is 4.90 Å². The normalized spacial score (nSPS) is 20.2. The van der Waals surface area contributed by atoms with Gasteiger partial charge in [-0.15, -0.1) is 0 Å². The molecular formula is C24H24FNOS2. The van der Waals surface area contributed by atoms with Gasteiger partial charge < -0.3 is 0 Å². The van der Waals surface area contributed by atoms with Gasteiger partial charge in [0.2, 0.25) is 0 Å². The Morgan fingerprint density at radius 1 is 0.897 bits per heavy atom. The van der Waals surface area contributed by atoms with Crippen LogP contribution in [0.4, 0.5) is 4.39 Å². The summed E-state index contributed by atoms with van der Waals surface area (Å²) in [5, 5.41) is 0. The van der Waals surface area contributed by atoms with Gasteiger partial charge in [-0.2, -0.15) is 0 Å². The molecule has 29 heavy (non-hydrogen) atoms. The first-order chi connectivity index (χ1) is 14.1. The van der Waals surface area contributed by atoms with E-state index >= 15 is 0 Å². The van der Waals surface area contributed by atoms with Crippen LogP contribution in [0, 0.1) is 5.82 Å². The van der Waals surface area contributed by atoms with Crippen molar-refractivity contribution in [3.8, 4) is 11.1 Å². The zero-order valence-electron chi connectivity index (χ0n) is 16.3. The molecule has 1 aliphatic carbocycles. The summed E-state index contributed by atoms with van der Waals surface area (Å²) in [4.78, 5) is 15.6. The molecule has 0 bridgehead atoms. The highest BCUT2D eigenvalue weighted by molar-refractivity contribution is 8.26. The van der Waals surface area contributed by atoms with Crippen molar-refractivity contribution in [3.63, 3.8) is 0 Å². The van der Waals surface area contributed by atoms with E-state index in [4.69, 9.17) is 12.2 Å². The molecule has 0 unspecified atom stereocenters. The lowest BCUT2D eigenvalue weighted by Gasteiger charge is -2.28. The van der Waals surface area contributed by atoms with Gasteiger partial charge in [-0.05, 0) is 47.7 Å². The first-order valence-corrected chi connectivity index (χ1v) is 11.5. The number of nitrogens with zero attached hydrogens (tertiary/aromatic N) is 1. The van der Waals surface area contributed by atoms with Crippen molar-refractivity contribution in [3.05, 3.63) is 64.8 Å². The molecule has 0 radical (unpaired) electrons. The topological polar surface area (TPSA) is 20.3 Å². The summed E-state index contributed by atoms with van der Waals surface area (Å²) in [7, 11) is 0. The SMILES string of the molecule is O=C1C(=Cc2ccc(-c3ccc(F)cc3)cc2)SC(=S)N1C1CCCCCCC1. The van der Waals surface area contributed by atoms with Crippen molar-refractivity contribution in [2.24, 2.45) is 0 Å². The summed E-state index contributed by atoms with van der Waals surface area (Å²) in [5.41, 5.74) is 2.95. The minimum Gasteiger partial charge on any atom is -0.290 e. The lowest BCUT2D eigenvalue weighted by Crippen LogP contribution is -2.39. The molecule has 150 valence electrons. The third kappa shape index (κ3) is 4.78. The maximum absolute atomic E-state index is 13.1. The molecule has 2 aliphatic rings. The number of thioether (sulfide) groups is 1. The van der Waals surface area contributed by atoms with Crippen LogP contribution in [0.15, 0.2) is 53.4 Å². The quantitative estimate of drug-likeness (QED) is 0.398. The highest BCUT2D eigenvalue weighted by Crippen LogP contribution is 2.37. The minimum absolute atomic E-state index is 0.0492. The summed E-state index contributed by atoms with van der Waals surface area (Å²) >= 11 is 6.97. The van der Waals surface area contributed by atoms with Crippen molar-refractivity contribution in [1.29, 1.82) is 0 Å². The number of amides is 1. The summed E-state index contributed by atoms with van der Waals surface area (Å²) < 4.78 is 13.8. The lowest BCUT2D eigenvalue weighted by atomic mass is 9.96. The van der Waals surface area contributed by atoms with E-state index in [1.807, 2.05) is 35.2 Å². The van der Waals surface area contributed by atoms with Gasteiger partial charge in [-0.1, -0.05) is 92.5 Å². The number of carbonyl (C=O) groups excluding carboxylic acids is 1. The maximum Gasteiger partial charge on any atom is 0.266 e. The molecular weight excluding hydrogens is 401 g/mol. The van der Waals surface area contributed by atoms with Crippen LogP contribution in [-0.2, 0) is 4.79 Å². The number of carbonyl (C=O) groups is 1. The van der Waals surface area contributed by atoms with Crippen LogP contribution in [0.25, 0.3) is 17.2 Å². The molecule has 1 aliphatic heterocycles. The molecule has 0 N–H and O–H groups in total. The smallest absolute Gasteiger partial charge is 0.266 e. The highest BCUT2D eigenvalue weighted by Gasteiger charge is 2.36. The fourth-order valence-corrected chi connectivity index (χ4v) is 5.45. The molecule has 1 amide bonds. The summed E-state index contributed by atoms with van der Waals surface area (Å²) in [6, 6.07) is 14.7. The second-order valence-electron chi connectivity index (χ2n) is 7.68. The molecule has 1 saturated heterocycles. The lowest BCUT2D eigenvalue weighted by molar-refractivity contribution is -0.123. The Kier molecular flexibility index (Phi) is 6.46. The predicted octanol–water partition coefficient (Wildman–Crippen LogP) is 6.81. The van der Waals surface area contributed by atoms with E-state index in [1.165, 1.54) is 56.0 Å². The van der Waals surface area contributed by atoms with E-state index in [0.717, 1.165) is 29.5 Å². The number of hydrogen-bond acceptors (Lipinski definition) is 3. The number of halogens is 1. The third-order valence-corrected chi connectivity index (χ3v) is 6.98. The molecule has 4 rings (SSSR count). The average molecular weight is 426 g/mol. The Morgan fingerprint density at radius 3 is 2.07 bits per heavy atom. The van der Waals surface area contributed by atoms with Gasteiger partial charge in [0.25, 0.3) is 5.91 Å². The maximum atomic E-state index is 13.1. The first-order valence-electron chi connectivity index (χ1n) is 10.2. The molecule has 0 atom stereocenters. The Morgan fingerprint density at radius 2 is 1.45 bits per heavy atom. The molecule has 2 nitrogen and oxygen atoms in total. The van der Waals surface area contributed by atoms with Gasteiger partial charge in [0.1, 0.15) is 10.1 Å². The Labute approximate surface area is 181 Å². The van der Waals surface area contributed by atoms with Crippen LogP contribution in [0.1, 0.15) is 50.5 Å². The van der Waals surface area contributed by atoms with Crippen molar-refractivity contribution < 1.29 is 9.18 Å². The average Bonchev–Trinajstić information content (AvgIpc) is 2.97. The van der Waals surface area contributed by atoms with Crippen LogP contribution in [0.3, 0.4) is 0 Å². The van der Waals surface area contributed by atoms with Crippen molar-refractivity contribution in [2.75, 3.05) is 0 Å². The predicted molar refractivity (Wildman–Crippen MR) is 123 cm³/mol. The Bertz CT molecular complexity index is 913. The molecule has 1 heterocycles. The molecule has 2 aromatic rings. The minimum atomic E-state index is -0.239. The molecule has 2 fully saturated rings. The van der Waals surface area contributed by atoms with Gasteiger partial charge in [0, 0.05) is 6.04 Å². The molecule has 1 saturated carbocycles. The molecule has 0 aromatic heterocycles. The largest absolute Gasteiger partial charge is 0.290 e. The fourth-order valence-electron chi connectivity index (χ4n) is 4.05. The van der Waals surface area contributed by atoms with Crippen LogP contribution in [0.2, 0.25) is 0 Å². The highest BCUT2D eigenvalue weighted by atomic mass is 32.2. The van der Waals surface area contributed by atoms with E-state index in [0.29, 0.717) is 9.23 Å². The standard InChI is InChI=1S/C24H24FNOS2/c25-20-14-12-19(13-15-20)18-10-8-17(9-11-18)16-22-23(27)26(24(28)29-22)21-6-4-2-1-3-5-7-21/h8-16,21H,1-7H2. The van der Waals surface area contributed by atoms with E-state index < -0.39 is 0 Å².